The molecule has 5 rings (SSSR count). The third-order valence-corrected chi connectivity index (χ3v) is 7.74. The number of nitrogens with zero attached hydrogens (tertiary/aromatic N) is 4. The van der Waals surface area contributed by atoms with Crippen molar-refractivity contribution < 1.29 is 40.1 Å². The summed E-state index contributed by atoms with van der Waals surface area (Å²) >= 11 is -0.406. The van der Waals surface area contributed by atoms with Gasteiger partial charge in [0, 0.05) is 31.0 Å². The maximum absolute atomic E-state index is 14.6. The van der Waals surface area contributed by atoms with E-state index in [1.54, 1.807) is 13.1 Å². The van der Waals surface area contributed by atoms with Crippen molar-refractivity contribution in [3.8, 4) is 11.4 Å². The summed E-state index contributed by atoms with van der Waals surface area (Å²) in [4.78, 5) is 18.0. The van der Waals surface area contributed by atoms with E-state index in [0.717, 1.165) is 0 Å². The molecule has 1 aliphatic heterocycles. The average molecular weight is 581 g/mol. The molecule has 3 aromatic heterocycles. The van der Waals surface area contributed by atoms with E-state index in [1.807, 2.05) is 4.90 Å². The van der Waals surface area contributed by atoms with Crippen LogP contribution in [-0.2, 0) is 11.3 Å². The standard InChI is InChI=1S/C23H23F7N6O2S/c1-35-8-4-14(13(24)11-35)32-15-3-2-7-36-16(15)9-12(19(36)39-23(28,29)30)18-33-17(38-34-18)10-31-20(37)21(5-6-21)22(25,26)27/h2-3,7,9,13-14,32H,4-6,8,10-11H2,1H3,(H,31,37)/t13-,14+/m0/s1. The third-order valence-electron chi connectivity index (χ3n) is 6.90. The topological polar surface area (TPSA) is 87.7 Å². The number of amides is 1. The van der Waals surface area contributed by atoms with E-state index < -0.39 is 53.5 Å². The number of likely N-dealkylation sites (tertiary alicyclic amines) is 1. The highest BCUT2D eigenvalue weighted by Gasteiger charge is 2.68. The Morgan fingerprint density at radius 1 is 1.26 bits per heavy atom. The first-order valence-electron chi connectivity index (χ1n) is 11.9. The van der Waals surface area contributed by atoms with Gasteiger partial charge in [-0.25, -0.2) is 4.39 Å². The fraction of sp³-hybridized carbons (Fsp3) is 0.522. The number of halogens is 7. The highest BCUT2D eigenvalue weighted by molar-refractivity contribution is 8.00. The minimum absolute atomic E-state index is 0.0537. The van der Waals surface area contributed by atoms with Crippen LogP contribution >= 0.6 is 11.8 Å². The van der Waals surface area contributed by atoms with Crippen LogP contribution in [0.2, 0.25) is 0 Å². The van der Waals surface area contributed by atoms with Gasteiger partial charge in [-0.3, -0.25) is 4.79 Å². The van der Waals surface area contributed by atoms with Gasteiger partial charge < -0.3 is 24.5 Å². The number of thioether (sulfide) groups is 1. The maximum atomic E-state index is 14.6. The number of anilines is 1. The van der Waals surface area contributed by atoms with E-state index in [2.05, 4.69) is 20.8 Å². The Kier molecular flexibility index (Phi) is 6.97. The Bertz CT molecular complexity index is 1370. The number of pyridine rings is 1. The molecule has 2 fully saturated rings. The van der Waals surface area contributed by atoms with Crippen LogP contribution in [0.25, 0.3) is 16.9 Å². The largest absolute Gasteiger partial charge is 0.447 e. The zero-order valence-electron chi connectivity index (χ0n) is 20.4. The lowest BCUT2D eigenvalue weighted by molar-refractivity contribution is -0.192. The summed E-state index contributed by atoms with van der Waals surface area (Å²) in [5.41, 5.74) is -6.46. The number of alkyl halides is 7. The summed E-state index contributed by atoms with van der Waals surface area (Å²) in [6.07, 6.45) is -4.65. The third kappa shape index (κ3) is 5.53. The molecule has 3 aromatic rings. The van der Waals surface area contributed by atoms with Gasteiger partial charge in [-0.2, -0.15) is 31.3 Å². The molecule has 8 nitrogen and oxygen atoms in total. The van der Waals surface area contributed by atoms with Crippen LogP contribution in [0.4, 0.5) is 36.4 Å². The second kappa shape index (κ2) is 9.87. The number of fused-ring (bicyclic) bond motifs is 1. The van der Waals surface area contributed by atoms with Crippen LogP contribution in [0.5, 0.6) is 0 Å². The molecule has 0 bridgehead atoms. The molecule has 2 aliphatic rings. The highest BCUT2D eigenvalue weighted by Crippen LogP contribution is 2.57. The van der Waals surface area contributed by atoms with Gasteiger partial charge in [0.15, 0.2) is 0 Å². The molecule has 0 radical (unpaired) electrons. The average Bonchev–Trinajstić information content (AvgIpc) is 3.43. The Morgan fingerprint density at radius 2 is 2.00 bits per heavy atom. The van der Waals surface area contributed by atoms with E-state index in [1.165, 1.54) is 22.7 Å². The fourth-order valence-corrected chi connectivity index (χ4v) is 5.35. The molecule has 0 aromatic carbocycles. The Morgan fingerprint density at radius 3 is 2.64 bits per heavy atom. The van der Waals surface area contributed by atoms with Crippen LogP contribution in [0.3, 0.4) is 0 Å². The quantitative estimate of drug-likeness (QED) is 0.300. The van der Waals surface area contributed by atoms with Crippen molar-refractivity contribution in [3.05, 3.63) is 30.3 Å². The van der Waals surface area contributed by atoms with E-state index in [4.69, 9.17) is 4.52 Å². The summed E-state index contributed by atoms with van der Waals surface area (Å²) in [5.74, 6) is -1.76. The molecular weight excluding hydrogens is 557 g/mol. The molecular formula is C23H23F7N6O2S. The smallest absolute Gasteiger partial charge is 0.378 e. The molecule has 1 aliphatic carbocycles. The predicted octanol–water partition coefficient (Wildman–Crippen LogP) is 5.01. The van der Waals surface area contributed by atoms with Crippen LogP contribution in [-0.4, -0.2) is 69.4 Å². The normalized spacial score (nSPS) is 21.7. The molecule has 2 atom stereocenters. The second-order valence-corrected chi connectivity index (χ2v) is 10.7. The van der Waals surface area contributed by atoms with Crippen molar-refractivity contribution >= 4 is 28.9 Å². The number of rotatable bonds is 7. The zero-order chi connectivity index (χ0) is 28.2. The summed E-state index contributed by atoms with van der Waals surface area (Å²) in [5, 5.41) is 8.64. The van der Waals surface area contributed by atoms with Gasteiger partial charge in [0.05, 0.1) is 34.4 Å². The van der Waals surface area contributed by atoms with Crippen LogP contribution in [0.15, 0.2) is 33.9 Å². The van der Waals surface area contributed by atoms with Crippen LogP contribution in [0.1, 0.15) is 25.2 Å². The molecule has 39 heavy (non-hydrogen) atoms. The Balaban J connectivity index is 1.42. The first-order chi connectivity index (χ1) is 18.3. The molecule has 0 spiro atoms. The van der Waals surface area contributed by atoms with Gasteiger partial charge in [0.25, 0.3) is 0 Å². The van der Waals surface area contributed by atoms with Crippen molar-refractivity contribution in [2.75, 3.05) is 25.5 Å². The Labute approximate surface area is 221 Å². The fourth-order valence-electron chi connectivity index (χ4n) is 4.61. The van der Waals surface area contributed by atoms with Crippen LogP contribution < -0.4 is 10.6 Å². The van der Waals surface area contributed by atoms with Crippen molar-refractivity contribution in [1.29, 1.82) is 0 Å². The Hall–Kier alpha value is -3.01. The first-order valence-corrected chi connectivity index (χ1v) is 12.8. The minimum atomic E-state index is -4.70. The lowest BCUT2D eigenvalue weighted by Gasteiger charge is -2.33. The maximum Gasteiger partial charge on any atom is 0.447 e. The zero-order valence-corrected chi connectivity index (χ0v) is 21.2. The molecule has 16 heteroatoms. The van der Waals surface area contributed by atoms with Crippen LogP contribution in [0, 0.1) is 5.41 Å². The van der Waals surface area contributed by atoms with E-state index in [9.17, 15) is 35.5 Å². The lowest BCUT2D eigenvalue weighted by atomic mass is 10.0. The number of aromatic nitrogens is 3. The molecule has 212 valence electrons. The van der Waals surface area contributed by atoms with Crippen molar-refractivity contribution in [2.45, 2.75) is 54.7 Å². The second-order valence-electron chi connectivity index (χ2n) is 9.68. The predicted molar refractivity (Wildman–Crippen MR) is 127 cm³/mol. The number of piperidine rings is 1. The number of carbonyl (C=O) groups excluding carboxylic acids is 1. The highest BCUT2D eigenvalue weighted by atomic mass is 32.2. The summed E-state index contributed by atoms with van der Waals surface area (Å²) in [6.45, 7) is 0.336. The number of hydrogen-bond acceptors (Lipinski definition) is 7. The molecule has 0 unspecified atom stereocenters. The summed E-state index contributed by atoms with van der Waals surface area (Å²) in [7, 11) is 1.80. The van der Waals surface area contributed by atoms with Crippen molar-refractivity contribution in [2.24, 2.45) is 5.41 Å². The minimum Gasteiger partial charge on any atom is -0.378 e. The SMILES string of the molecule is CN1CC[C@@H](Nc2cccn3c(SC(F)(F)F)c(-c4noc(CNC(=O)C5(C(F)(F)F)CC5)n4)cc23)[C@@H](F)C1. The van der Waals surface area contributed by atoms with Gasteiger partial charge in [-0.05, 0) is 44.5 Å². The van der Waals surface area contributed by atoms with E-state index in [0.29, 0.717) is 24.2 Å². The van der Waals surface area contributed by atoms with E-state index in [-0.39, 0.29) is 41.7 Å². The number of hydrogen-bond donors (Lipinski definition) is 2. The monoisotopic (exact) mass is 580 g/mol. The van der Waals surface area contributed by atoms with Crippen molar-refractivity contribution in [1.82, 2.24) is 24.8 Å². The molecule has 1 amide bonds. The molecule has 2 N–H and O–H groups in total. The molecule has 1 saturated carbocycles. The van der Waals surface area contributed by atoms with Gasteiger partial charge in [-0.1, -0.05) is 5.16 Å². The van der Waals surface area contributed by atoms with Gasteiger partial charge in [0.1, 0.15) is 11.6 Å². The number of nitrogens with one attached hydrogen (secondary N) is 2. The lowest BCUT2D eigenvalue weighted by Crippen LogP contribution is -2.46. The first kappa shape index (κ1) is 27.6. The van der Waals surface area contributed by atoms with Gasteiger partial charge >= 0.3 is 11.7 Å². The van der Waals surface area contributed by atoms with Crippen molar-refractivity contribution in [3.63, 3.8) is 0 Å². The molecule has 1 saturated heterocycles. The van der Waals surface area contributed by atoms with E-state index >= 15 is 0 Å². The van der Waals surface area contributed by atoms with Gasteiger partial charge in [0.2, 0.25) is 17.6 Å². The summed E-state index contributed by atoms with van der Waals surface area (Å²) in [6, 6.07) is 4.00. The summed E-state index contributed by atoms with van der Waals surface area (Å²) < 4.78 is 101. The number of carbonyl (C=O) groups is 1. The molecule has 4 heterocycles. The van der Waals surface area contributed by atoms with Gasteiger partial charge in [-0.15, -0.1) is 0 Å².